The van der Waals surface area contributed by atoms with Crippen LogP contribution in [-0.4, -0.2) is 47.8 Å². The molecule has 0 amide bonds. The molecule has 0 radical (unpaired) electrons. The lowest BCUT2D eigenvalue weighted by Crippen LogP contribution is -3.13. The Labute approximate surface area is 131 Å². The molecule has 0 saturated carbocycles. The average Bonchev–Trinajstić information content (AvgIpc) is 2.48. The first-order chi connectivity index (χ1) is 10.5. The molecule has 0 aromatic heterocycles. The van der Waals surface area contributed by atoms with Crippen molar-refractivity contribution in [2.75, 3.05) is 26.2 Å². The first-order valence-electron chi connectivity index (χ1n) is 7.61. The number of carbonyl (C=O) groups excluding carboxylic acids is 1. The molecular weight excluding hydrogens is 278 g/mol. The molecule has 0 bridgehead atoms. The lowest BCUT2D eigenvalue weighted by molar-refractivity contribution is -0.917. The number of piperazine rings is 1. The number of benzene rings is 1. The summed E-state index contributed by atoms with van der Waals surface area (Å²) >= 11 is 0. The van der Waals surface area contributed by atoms with Crippen LogP contribution in [0.25, 0.3) is 0 Å². The fraction of sp³-hybridized carbons (Fsp3) is 0.412. The molecule has 0 spiro atoms. The van der Waals surface area contributed by atoms with Gasteiger partial charge in [-0.3, -0.25) is 10.2 Å². The quantitative estimate of drug-likeness (QED) is 0.333. The molecule has 1 fully saturated rings. The molecule has 1 aliphatic heterocycles. The Kier molecular flexibility index (Phi) is 5.33. The van der Waals surface area contributed by atoms with Gasteiger partial charge in [-0.1, -0.05) is 30.3 Å². The largest absolute Gasteiger partial charge is 0.512 e. The lowest BCUT2D eigenvalue weighted by atomic mass is 10.1. The van der Waals surface area contributed by atoms with E-state index in [2.05, 4.69) is 24.3 Å². The molecule has 1 aliphatic rings. The third kappa shape index (κ3) is 3.95. The number of carbonyl (C=O) groups is 1. The zero-order valence-electron chi connectivity index (χ0n) is 13.2. The van der Waals surface area contributed by atoms with Crippen molar-refractivity contribution in [3.05, 3.63) is 47.2 Å². The highest BCUT2D eigenvalue weighted by atomic mass is 16.3. The molecule has 5 nitrogen and oxygen atoms in total. The maximum atomic E-state index is 11.6. The van der Waals surface area contributed by atoms with E-state index in [4.69, 9.17) is 5.41 Å². The molecule has 0 atom stereocenters. The monoisotopic (exact) mass is 302 g/mol. The number of Topliss-reactive ketones (excluding diaryl/α,β-unsaturated/α-hetero) is 1. The second kappa shape index (κ2) is 7.22. The Balaban J connectivity index is 1.93. The maximum Gasteiger partial charge on any atom is 0.166 e. The Morgan fingerprint density at radius 3 is 2.32 bits per heavy atom. The Bertz CT molecular complexity index is 569. The molecule has 1 aromatic rings. The molecule has 1 heterocycles. The molecule has 5 heteroatoms. The van der Waals surface area contributed by atoms with Crippen molar-refractivity contribution in [3.63, 3.8) is 0 Å². The Hall–Kier alpha value is -2.14. The summed E-state index contributed by atoms with van der Waals surface area (Å²) < 4.78 is 0. The SMILES string of the molecule is CC(=O)/C(C(=N)N1CC[NH+](Cc2ccccc2)CC1)=C(\C)O. The second-order valence-electron chi connectivity index (χ2n) is 5.76. The summed E-state index contributed by atoms with van der Waals surface area (Å²) in [6.07, 6.45) is 0. The van der Waals surface area contributed by atoms with Crippen LogP contribution in [0.2, 0.25) is 0 Å². The first-order valence-corrected chi connectivity index (χ1v) is 7.61. The highest BCUT2D eigenvalue weighted by Gasteiger charge is 2.26. The summed E-state index contributed by atoms with van der Waals surface area (Å²) in [5.41, 5.74) is 1.45. The van der Waals surface area contributed by atoms with Gasteiger partial charge in [0, 0.05) is 5.56 Å². The normalized spacial score (nSPS) is 17.1. The zero-order valence-corrected chi connectivity index (χ0v) is 13.2. The van der Waals surface area contributed by atoms with Gasteiger partial charge >= 0.3 is 0 Å². The highest BCUT2D eigenvalue weighted by molar-refractivity contribution is 6.19. The van der Waals surface area contributed by atoms with Gasteiger partial charge in [0.05, 0.1) is 31.8 Å². The van der Waals surface area contributed by atoms with Crippen molar-refractivity contribution < 1.29 is 14.8 Å². The van der Waals surface area contributed by atoms with E-state index >= 15 is 0 Å². The number of allylic oxidation sites excluding steroid dienone is 1. The number of hydrogen-bond acceptors (Lipinski definition) is 3. The summed E-state index contributed by atoms with van der Waals surface area (Å²) in [5, 5.41) is 17.8. The molecule has 118 valence electrons. The molecular formula is C17H24N3O2+. The van der Waals surface area contributed by atoms with Crippen LogP contribution in [0.1, 0.15) is 19.4 Å². The number of nitrogens with zero attached hydrogens (tertiary/aromatic N) is 1. The number of aliphatic hydroxyl groups excluding tert-OH is 1. The zero-order chi connectivity index (χ0) is 16.1. The Morgan fingerprint density at radius 1 is 1.23 bits per heavy atom. The van der Waals surface area contributed by atoms with E-state index in [0.29, 0.717) is 0 Å². The van der Waals surface area contributed by atoms with E-state index in [1.165, 1.54) is 24.3 Å². The van der Waals surface area contributed by atoms with Gasteiger partial charge in [0.2, 0.25) is 0 Å². The van der Waals surface area contributed by atoms with Gasteiger partial charge in [0.1, 0.15) is 18.1 Å². The van der Waals surface area contributed by atoms with E-state index in [0.717, 1.165) is 32.7 Å². The minimum absolute atomic E-state index is 0.0726. The minimum Gasteiger partial charge on any atom is -0.512 e. The number of nitrogens with one attached hydrogen (secondary N) is 2. The summed E-state index contributed by atoms with van der Waals surface area (Å²) in [6.45, 7) is 7.13. The fourth-order valence-corrected chi connectivity index (χ4v) is 2.86. The van der Waals surface area contributed by atoms with Crippen LogP contribution in [0.3, 0.4) is 0 Å². The molecule has 3 N–H and O–H groups in total. The standard InChI is InChI=1S/C17H23N3O2/c1-13(21)16(14(2)22)17(18)20-10-8-19(9-11-20)12-15-6-4-3-5-7-15/h3-7,18,21H,8-12H2,1-2H3/p+1/b16-13-,18-17?. The molecule has 2 rings (SSSR count). The summed E-state index contributed by atoms with van der Waals surface area (Å²) in [6, 6.07) is 10.4. The number of ketones is 1. The van der Waals surface area contributed by atoms with Crippen LogP contribution >= 0.6 is 0 Å². The van der Waals surface area contributed by atoms with Gasteiger partial charge in [-0.25, -0.2) is 0 Å². The third-order valence-corrected chi connectivity index (χ3v) is 4.03. The van der Waals surface area contributed by atoms with E-state index in [1.54, 1.807) is 0 Å². The van der Waals surface area contributed by atoms with Gasteiger partial charge in [-0.2, -0.15) is 0 Å². The van der Waals surface area contributed by atoms with Crippen molar-refractivity contribution in [2.24, 2.45) is 0 Å². The first kappa shape index (κ1) is 16.2. The molecule has 22 heavy (non-hydrogen) atoms. The van der Waals surface area contributed by atoms with Crippen LogP contribution in [0.5, 0.6) is 0 Å². The second-order valence-corrected chi connectivity index (χ2v) is 5.76. The predicted octanol–water partition coefficient (Wildman–Crippen LogP) is 0.785. The topological polar surface area (TPSA) is 68.8 Å². The van der Waals surface area contributed by atoms with Gasteiger partial charge in [0.25, 0.3) is 0 Å². The minimum atomic E-state index is -0.260. The average molecular weight is 302 g/mol. The van der Waals surface area contributed by atoms with Crippen LogP contribution in [0, 0.1) is 5.41 Å². The summed E-state index contributed by atoms with van der Waals surface area (Å²) in [4.78, 5) is 14.9. The fourth-order valence-electron chi connectivity index (χ4n) is 2.86. The Morgan fingerprint density at radius 2 is 1.82 bits per heavy atom. The van der Waals surface area contributed by atoms with Crippen molar-refractivity contribution in [3.8, 4) is 0 Å². The van der Waals surface area contributed by atoms with E-state index in [9.17, 15) is 9.90 Å². The van der Waals surface area contributed by atoms with E-state index in [1.807, 2.05) is 11.0 Å². The summed E-state index contributed by atoms with van der Waals surface area (Å²) in [7, 11) is 0. The van der Waals surface area contributed by atoms with Crippen LogP contribution < -0.4 is 4.90 Å². The molecule has 0 unspecified atom stereocenters. The van der Waals surface area contributed by atoms with Crippen molar-refractivity contribution in [1.82, 2.24) is 4.90 Å². The molecule has 1 aromatic carbocycles. The van der Waals surface area contributed by atoms with Crippen molar-refractivity contribution in [1.29, 1.82) is 5.41 Å². The van der Waals surface area contributed by atoms with Gasteiger partial charge in [-0.05, 0) is 13.8 Å². The number of amidine groups is 1. The van der Waals surface area contributed by atoms with E-state index in [-0.39, 0.29) is 23.0 Å². The number of rotatable bonds is 4. The number of quaternary nitrogens is 1. The smallest absolute Gasteiger partial charge is 0.166 e. The van der Waals surface area contributed by atoms with Crippen molar-refractivity contribution >= 4 is 11.6 Å². The van der Waals surface area contributed by atoms with E-state index < -0.39 is 0 Å². The third-order valence-electron chi connectivity index (χ3n) is 4.03. The molecule has 1 saturated heterocycles. The highest BCUT2D eigenvalue weighted by Crippen LogP contribution is 2.09. The molecule has 0 aliphatic carbocycles. The van der Waals surface area contributed by atoms with Gasteiger partial charge < -0.3 is 14.9 Å². The van der Waals surface area contributed by atoms with Crippen LogP contribution in [0.4, 0.5) is 0 Å². The lowest BCUT2D eigenvalue weighted by Gasteiger charge is -2.34. The number of hydrogen-bond donors (Lipinski definition) is 3. The van der Waals surface area contributed by atoms with Crippen LogP contribution in [-0.2, 0) is 11.3 Å². The summed E-state index contributed by atoms with van der Waals surface area (Å²) in [5.74, 6) is -0.188. The van der Waals surface area contributed by atoms with Crippen molar-refractivity contribution in [2.45, 2.75) is 20.4 Å². The number of aliphatic hydroxyl groups is 1. The van der Waals surface area contributed by atoms with Gasteiger partial charge in [0.15, 0.2) is 5.78 Å². The maximum absolute atomic E-state index is 11.6. The predicted molar refractivity (Wildman–Crippen MR) is 86.2 cm³/mol. The van der Waals surface area contributed by atoms with Gasteiger partial charge in [-0.15, -0.1) is 0 Å². The van der Waals surface area contributed by atoms with Crippen LogP contribution in [0.15, 0.2) is 41.7 Å².